The monoisotopic (exact) mass is 262 g/mol. The van der Waals surface area contributed by atoms with Gasteiger partial charge in [-0.3, -0.25) is 9.89 Å². The summed E-state index contributed by atoms with van der Waals surface area (Å²) in [7, 11) is 0. The van der Waals surface area contributed by atoms with Gasteiger partial charge in [0.2, 0.25) is 5.91 Å². The Morgan fingerprint density at radius 3 is 2.74 bits per heavy atom. The van der Waals surface area contributed by atoms with Crippen molar-refractivity contribution < 1.29 is 4.79 Å². The van der Waals surface area contributed by atoms with Gasteiger partial charge in [0.15, 0.2) is 5.82 Å². The van der Waals surface area contributed by atoms with Gasteiger partial charge in [0, 0.05) is 29.6 Å². The number of nitrogens with zero attached hydrogens (tertiary/aromatic N) is 1. The fourth-order valence-electron chi connectivity index (χ4n) is 3.12. The molecule has 1 amide bonds. The maximum atomic E-state index is 12.1. The molecule has 5 nitrogen and oxygen atoms in total. The Hall–Kier alpha value is -1.36. The second kappa shape index (κ2) is 5.33. The Morgan fingerprint density at radius 2 is 2.05 bits per heavy atom. The number of carbonyl (C=O) groups excluding carboxylic acids is 1. The lowest BCUT2D eigenvalue weighted by Crippen LogP contribution is -2.34. The molecule has 1 aromatic rings. The number of amides is 1. The number of aromatic amines is 1. The highest BCUT2D eigenvalue weighted by Crippen LogP contribution is 2.35. The predicted molar refractivity (Wildman–Crippen MR) is 73.7 cm³/mol. The van der Waals surface area contributed by atoms with E-state index in [1.54, 1.807) is 0 Å². The van der Waals surface area contributed by atoms with E-state index >= 15 is 0 Å². The molecule has 0 unspecified atom stereocenters. The molecule has 19 heavy (non-hydrogen) atoms. The van der Waals surface area contributed by atoms with Gasteiger partial charge >= 0.3 is 0 Å². The van der Waals surface area contributed by atoms with Gasteiger partial charge in [0.05, 0.1) is 0 Å². The highest BCUT2D eigenvalue weighted by atomic mass is 16.1. The topological polar surface area (TPSA) is 83.8 Å². The normalized spacial score (nSPS) is 27.8. The number of nitrogens with two attached hydrogens (primary N) is 1. The van der Waals surface area contributed by atoms with Crippen LogP contribution in [0.5, 0.6) is 0 Å². The van der Waals surface area contributed by atoms with E-state index in [0.717, 1.165) is 31.4 Å². The number of rotatable bonds is 3. The van der Waals surface area contributed by atoms with Crippen LogP contribution in [0.4, 0.5) is 5.82 Å². The second-order valence-corrected chi connectivity index (χ2v) is 5.96. The Labute approximate surface area is 113 Å². The molecule has 3 rings (SSSR count). The molecule has 2 aliphatic carbocycles. The van der Waals surface area contributed by atoms with Crippen molar-refractivity contribution in [2.45, 2.75) is 56.9 Å². The van der Waals surface area contributed by atoms with Gasteiger partial charge in [0.25, 0.3) is 0 Å². The SMILES string of the molecule is NC1CC(c2cc(NC(=O)C3CCCCC3)n[nH]2)C1. The van der Waals surface area contributed by atoms with Gasteiger partial charge in [-0.2, -0.15) is 5.10 Å². The zero-order valence-electron chi connectivity index (χ0n) is 11.2. The fourth-order valence-corrected chi connectivity index (χ4v) is 3.12. The van der Waals surface area contributed by atoms with E-state index in [2.05, 4.69) is 15.5 Å². The highest BCUT2D eigenvalue weighted by molar-refractivity contribution is 5.91. The first kappa shape index (κ1) is 12.7. The van der Waals surface area contributed by atoms with Crippen molar-refractivity contribution in [3.8, 4) is 0 Å². The van der Waals surface area contributed by atoms with Crippen LogP contribution in [0.15, 0.2) is 6.07 Å². The molecule has 0 radical (unpaired) electrons. The molecule has 2 aliphatic rings. The molecule has 4 N–H and O–H groups in total. The molecule has 0 spiro atoms. The van der Waals surface area contributed by atoms with Crippen LogP contribution in [-0.2, 0) is 4.79 Å². The summed E-state index contributed by atoms with van der Waals surface area (Å²) >= 11 is 0. The number of H-pyrrole nitrogens is 1. The molecular weight excluding hydrogens is 240 g/mol. The Bertz CT molecular complexity index is 444. The van der Waals surface area contributed by atoms with Crippen molar-refractivity contribution in [2.75, 3.05) is 5.32 Å². The minimum atomic E-state index is 0.128. The summed E-state index contributed by atoms with van der Waals surface area (Å²) < 4.78 is 0. The Balaban J connectivity index is 1.56. The van der Waals surface area contributed by atoms with Gasteiger partial charge in [-0.05, 0) is 25.7 Å². The summed E-state index contributed by atoms with van der Waals surface area (Å²) in [4.78, 5) is 12.1. The Morgan fingerprint density at radius 1 is 1.32 bits per heavy atom. The van der Waals surface area contributed by atoms with Crippen LogP contribution in [0.25, 0.3) is 0 Å². The van der Waals surface area contributed by atoms with Crippen LogP contribution in [0, 0.1) is 5.92 Å². The maximum absolute atomic E-state index is 12.1. The van der Waals surface area contributed by atoms with Crippen molar-refractivity contribution in [3.05, 3.63) is 11.8 Å². The zero-order chi connectivity index (χ0) is 13.2. The third-order valence-corrected chi connectivity index (χ3v) is 4.44. The summed E-state index contributed by atoms with van der Waals surface area (Å²) in [6.07, 6.45) is 7.66. The first-order valence-electron chi connectivity index (χ1n) is 7.34. The van der Waals surface area contributed by atoms with E-state index in [9.17, 15) is 4.79 Å². The predicted octanol–water partition coefficient (Wildman–Crippen LogP) is 2.13. The number of hydrogen-bond donors (Lipinski definition) is 3. The molecule has 104 valence electrons. The molecule has 0 atom stereocenters. The molecule has 0 saturated heterocycles. The number of nitrogens with one attached hydrogen (secondary N) is 2. The van der Waals surface area contributed by atoms with Gasteiger partial charge in [0.1, 0.15) is 0 Å². The van der Waals surface area contributed by atoms with Crippen LogP contribution in [0.2, 0.25) is 0 Å². The van der Waals surface area contributed by atoms with Crippen LogP contribution in [0.3, 0.4) is 0 Å². The summed E-state index contributed by atoms with van der Waals surface area (Å²) in [5.74, 6) is 1.45. The average Bonchev–Trinajstić information content (AvgIpc) is 2.84. The largest absolute Gasteiger partial charge is 0.328 e. The minimum absolute atomic E-state index is 0.128. The van der Waals surface area contributed by atoms with Gasteiger partial charge in [-0.15, -0.1) is 0 Å². The van der Waals surface area contributed by atoms with Crippen molar-refractivity contribution >= 4 is 11.7 Å². The van der Waals surface area contributed by atoms with E-state index in [1.807, 2.05) is 6.07 Å². The van der Waals surface area contributed by atoms with Crippen LogP contribution < -0.4 is 11.1 Å². The fraction of sp³-hybridized carbons (Fsp3) is 0.714. The van der Waals surface area contributed by atoms with E-state index in [4.69, 9.17) is 5.73 Å². The number of hydrogen-bond acceptors (Lipinski definition) is 3. The molecule has 1 heterocycles. The number of carbonyl (C=O) groups is 1. The standard InChI is InChI=1S/C14H22N4O/c15-11-6-10(7-11)12-8-13(18-17-12)16-14(19)9-4-2-1-3-5-9/h8-11H,1-7,15H2,(H2,16,17,18,19). The van der Waals surface area contributed by atoms with Gasteiger partial charge in [-0.25, -0.2) is 0 Å². The quantitative estimate of drug-likeness (QED) is 0.780. The third kappa shape index (κ3) is 2.81. The zero-order valence-corrected chi connectivity index (χ0v) is 11.2. The molecule has 0 aliphatic heterocycles. The maximum Gasteiger partial charge on any atom is 0.228 e. The van der Waals surface area contributed by atoms with Crippen molar-refractivity contribution in [1.29, 1.82) is 0 Å². The lowest BCUT2D eigenvalue weighted by atomic mass is 9.79. The van der Waals surface area contributed by atoms with Gasteiger partial charge < -0.3 is 11.1 Å². The first-order chi connectivity index (χ1) is 9.22. The molecule has 2 fully saturated rings. The molecule has 0 bridgehead atoms. The van der Waals surface area contributed by atoms with Crippen molar-refractivity contribution in [2.24, 2.45) is 11.7 Å². The minimum Gasteiger partial charge on any atom is -0.328 e. The summed E-state index contributed by atoms with van der Waals surface area (Å²) in [6, 6.07) is 2.28. The van der Waals surface area contributed by atoms with E-state index in [1.165, 1.54) is 19.3 Å². The Kier molecular flexibility index (Phi) is 3.55. The van der Waals surface area contributed by atoms with Crippen LogP contribution >= 0.6 is 0 Å². The third-order valence-electron chi connectivity index (χ3n) is 4.44. The second-order valence-electron chi connectivity index (χ2n) is 5.96. The molecule has 2 saturated carbocycles. The number of aromatic nitrogens is 2. The van der Waals surface area contributed by atoms with Crippen molar-refractivity contribution in [3.63, 3.8) is 0 Å². The van der Waals surface area contributed by atoms with Crippen LogP contribution in [-0.4, -0.2) is 22.1 Å². The lowest BCUT2D eigenvalue weighted by molar-refractivity contribution is -0.120. The molecule has 1 aromatic heterocycles. The van der Waals surface area contributed by atoms with Gasteiger partial charge in [-0.1, -0.05) is 19.3 Å². The smallest absolute Gasteiger partial charge is 0.228 e. The van der Waals surface area contributed by atoms with Crippen molar-refractivity contribution in [1.82, 2.24) is 10.2 Å². The van der Waals surface area contributed by atoms with E-state index < -0.39 is 0 Å². The molecular formula is C14H22N4O. The first-order valence-corrected chi connectivity index (χ1v) is 7.34. The summed E-state index contributed by atoms with van der Waals surface area (Å²) in [5.41, 5.74) is 6.89. The average molecular weight is 262 g/mol. The summed E-state index contributed by atoms with van der Waals surface area (Å²) in [6.45, 7) is 0. The highest BCUT2D eigenvalue weighted by Gasteiger charge is 2.29. The number of anilines is 1. The van der Waals surface area contributed by atoms with E-state index in [0.29, 0.717) is 17.8 Å². The molecule has 5 heteroatoms. The lowest BCUT2D eigenvalue weighted by Gasteiger charge is -2.31. The van der Waals surface area contributed by atoms with E-state index in [-0.39, 0.29) is 11.8 Å². The summed E-state index contributed by atoms with van der Waals surface area (Å²) in [5, 5.41) is 10.1. The molecule has 0 aromatic carbocycles. The van der Waals surface area contributed by atoms with Crippen LogP contribution in [0.1, 0.15) is 56.6 Å².